The number of hydrogen-bond donors (Lipinski definition) is 4. The number of nitrogens with zero attached hydrogens (tertiary/aromatic N) is 1. The monoisotopic (exact) mass is 551 g/mol. The zero-order chi connectivity index (χ0) is 29.0. The maximum Gasteiger partial charge on any atom is 0.336 e. The van der Waals surface area contributed by atoms with Crippen LogP contribution in [-0.2, 0) is 28.7 Å². The van der Waals surface area contributed by atoms with E-state index in [9.17, 15) is 29.3 Å². The Bertz CT molecular complexity index is 1160. The molecule has 0 aliphatic carbocycles. The van der Waals surface area contributed by atoms with Gasteiger partial charge in [-0.3, -0.25) is 10.1 Å². The Balaban J connectivity index is 0.000000781. The molecule has 0 bridgehead atoms. The number of nitrogens with two attached hydrogens (primary N) is 1. The quantitative estimate of drug-likeness (QED) is 0.108. The molecule has 2 rings (SSSR count). The molecule has 13 nitrogen and oxygen atoms in total. The zero-order valence-electron chi connectivity index (χ0n) is 21.1. The number of nitro groups is 1. The fraction of sp³-hybridized carbons (Fsp3) is 0.333. The zero-order valence-corrected chi connectivity index (χ0v) is 21.9. The summed E-state index contributed by atoms with van der Waals surface area (Å²) in [5, 5.41) is 29.8. The van der Waals surface area contributed by atoms with E-state index in [2.05, 4.69) is 5.32 Å². The largest absolute Gasteiger partial charge is 0.478 e. The van der Waals surface area contributed by atoms with Crippen molar-refractivity contribution in [2.75, 3.05) is 19.5 Å². The van der Waals surface area contributed by atoms with Crippen LogP contribution in [0.25, 0.3) is 0 Å². The highest BCUT2D eigenvalue weighted by atomic mass is 32.2. The number of carboxylic acids is 2. The number of rotatable bonds is 10. The summed E-state index contributed by atoms with van der Waals surface area (Å²) >= 11 is 1.40. The average molecular weight is 552 g/mol. The number of carbonyl (C=O) groups is 4. The van der Waals surface area contributed by atoms with Crippen molar-refractivity contribution in [2.45, 2.75) is 32.1 Å². The van der Waals surface area contributed by atoms with Gasteiger partial charge in [0.25, 0.3) is 5.69 Å². The maximum absolute atomic E-state index is 12.9. The number of methoxy groups -OCH3 is 1. The van der Waals surface area contributed by atoms with E-state index in [1.165, 1.54) is 37.1 Å². The van der Waals surface area contributed by atoms with Crippen LogP contribution < -0.4 is 11.1 Å². The van der Waals surface area contributed by atoms with Gasteiger partial charge in [0.05, 0.1) is 35.7 Å². The van der Waals surface area contributed by atoms with Crippen molar-refractivity contribution in [2.24, 2.45) is 5.73 Å². The summed E-state index contributed by atoms with van der Waals surface area (Å²) < 4.78 is 10.2. The van der Waals surface area contributed by atoms with E-state index in [4.69, 9.17) is 25.4 Å². The molecule has 2 atom stereocenters. The lowest BCUT2D eigenvalue weighted by Gasteiger charge is -2.31. The molecule has 0 fully saturated rings. The molecule has 0 radical (unpaired) electrons. The SMILES string of the molecule is CCOC(=O)C1=C(CSC(C)N)NC(C)=C(C(=O)OC)C1c1cccc([N+](=O)[O-])c1.O=C(O)/C=C/C(=O)O. The molecule has 1 heterocycles. The van der Waals surface area contributed by atoms with Gasteiger partial charge in [0.15, 0.2) is 0 Å². The molecule has 38 heavy (non-hydrogen) atoms. The molecule has 5 N–H and O–H groups in total. The Morgan fingerprint density at radius 3 is 2.26 bits per heavy atom. The van der Waals surface area contributed by atoms with Crippen LogP contribution in [0.15, 0.2) is 59.0 Å². The fourth-order valence-corrected chi connectivity index (χ4v) is 4.01. The second-order valence-corrected chi connectivity index (χ2v) is 8.94. The van der Waals surface area contributed by atoms with E-state index in [0.717, 1.165) is 0 Å². The molecule has 0 amide bonds. The number of aliphatic carboxylic acids is 2. The van der Waals surface area contributed by atoms with Gasteiger partial charge in [0.2, 0.25) is 0 Å². The van der Waals surface area contributed by atoms with E-state index in [-0.39, 0.29) is 28.8 Å². The number of non-ortho nitro benzene ring substituents is 1. The van der Waals surface area contributed by atoms with Gasteiger partial charge in [-0.15, -0.1) is 11.8 Å². The molecule has 1 aromatic carbocycles. The summed E-state index contributed by atoms with van der Waals surface area (Å²) in [6.07, 6.45) is 1.12. The molecule has 0 aromatic heterocycles. The third-order valence-electron chi connectivity index (χ3n) is 4.82. The Labute approximate surface area is 222 Å². The maximum atomic E-state index is 12.9. The molecule has 2 unspecified atom stereocenters. The minimum atomic E-state index is -1.26. The number of hydrogen-bond acceptors (Lipinski definition) is 11. The van der Waals surface area contributed by atoms with Crippen LogP contribution in [0.1, 0.15) is 32.3 Å². The lowest BCUT2D eigenvalue weighted by atomic mass is 9.80. The van der Waals surface area contributed by atoms with Crippen molar-refractivity contribution in [1.29, 1.82) is 0 Å². The molecule has 206 valence electrons. The molecule has 0 saturated carbocycles. The van der Waals surface area contributed by atoms with Crippen LogP contribution >= 0.6 is 11.8 Å². The van der Waals surface area contributed by atoms with Crippen LogP contribution in [-0.4, -0.2) is 63.9 Å². The van der Waals surface area contributed by atoms with E-state index in [1.807, 2.05) is 6.92 Å². The second kappa shape index (κ2) is 15.2. The molecular formula is C24H29N3O10S. The lowest BCUT2D eigenvalue weighted by molar-refractivity contribution is -0.384. The van der Waals surface area contributed by atoms with Crippen molar-refractivity contribution in [3.05, 3.63) is 74.6 Å². The minimum Gasteiger partial charge on any atom is -0.478 e. The van der Waals surface area contributed by atoms with E-state index in [1.54, 1.807) is 19.9 Å². The lowest BCUT2D eigenvalue weighted by Crippen LogP contribution is -2.34. The summed E-state index contributed by atoms with van der Waals surface area (Å²) in [7, 11) is 1.24. The molecule has 0 spiro atoms. The predicted octanol–water partition coefficient (Wildman–Crippen LogP) is 2.30. The van der Waals surface area contributed by atoms with Gasteiger partial charge < -0.3 is 30.7 Å². The first kappa shape index (κ1) is 31.9. The highest BCUT2D eigenvalue weighted by Crippen LogP contribution is 2.40. The molecular weight excluding hydrogens is 522 g/mol. The molecule has 1 aliphatic rings. The Hall–Kier alpha value is -4.17. The van der Waals surface area contributed by atoms with Crippen LogP contribution in [0.4, 0.5) is 5.69 Å². The standard InChI is InChI=1S/C20H25N3O6S.C4H4O4/c1-5-29-20(25)18-15(10-30-12(3)21)22-11(2)16(19(24)28-4)17(18)13-7-6-8-14(9-13)23(26)27;5-3(6)1-2-4(7)8/h6-9,12,17,22H,5,10,21H2,1-4H3;1-2H,(H,5,6)(H,7,8)/b;2-1+. The van der Waals surface area contributed by atoms with Crippen molar-refractivity contribution in [3.63, 3.8) is 0 Å². The van der Waals surface area contributed by atoms with Gasteiger partial charge in [0.1, 0.15) is 0 Å². The molecule has 0 saturated heterocycles. The van der Waals surface area contributed by atoms with Crippen LogP contribution in [0.3, 0.4) is 0 Å². The minimum absolute atomic E-state index is 0.133. The summed E-state index contributed by atoms with van der Waals surface area (Å²) in [6.45, 7) is 5.32. The number of thioether (sulfide) groups is 1. The van der Waals surface area contributed by atoms with Gasteiger partial charge in [-0.2, -0.15) is 0 Å². The average Bonchev–Trinajstić information content (AvgIpc) is 2.85. The number of nitrogens with one attached hydrogen (secondary N) is 1. The molecule has 1 aromatic rings. The number of nitro benzene ring substituents is 1. The topological polar surface area (TPSA) is 208 Å². The normalized spacial score (nSPS) is 15.7. The summed E-state index contributed by atoms with van der Waals surface area (Å²) in [5.74, 6) is -4.29. The van der Waals surface area contributed by atoms with Crippen LogP contribution in [0, 0.1) is 10.1 Å². The second-order valence-electron chi connectivity index (χ2n) is 7.58. The first-order chi connectivity index (χ1) is 17.8. The Kier molecular flexibility index (Phi) is 12.7. The predicted molar refractivity (Wildman–Crippen MR) is 138 cm³/mol. The summed E-state index contributed by atoms with van der Waals surface area (Å²) in [6, 6.07) is 5.84. The van der Waals surface area contributed by atoms with Crippen LogP contribution in [0.2, 0.25) is 0 Å². The van der Waals surface area contributed by atoms with Crippen molar-refractivity contribution < 1.29 is 43.8 Å². The number of esters is 2. The highest BCUT2D eigenvalue weighted by molar-refractivity contribution is 8.00. The van der Waals surface area contributed by atoms with Gasteiger partial charge in [-0.25, -0.2) is 19.2 Å². The number of dihydropyridines is 1. The smallest absolute Gasteiger partial charge is 0.336 e. The third-order valence-corrected chi connectivity index (χ3v) is 5.80. The fourth-order valence-electron chi connectivity index (χ4n) is 3.35. The first-order valence-corrected chi connectivity index (χ1v) is 12.1. The molecule has 1 aliphatic heterocycles. The van der Waals surface area contributed by atoms with E-state index in [0.29, 0.717) is 34.9 Å². The third kappa shape index (κ3) is 9.37. The number of carbonyl (C=O) groups excluding carboxylic acids is 2. The van der Waals surface area contributed by atoms with Crippen molar-refractivity contribution in [1.82, 2.24) is 5.32 Å². The number of ether oxygens (including phenoxy) is 2. The van der Waals surface area contributed by atoms with Gasteiger partial charge in [-0.1, -0.05) is 12.1 Å². The van der Waals surface area contributed by atoms with E-state index < -0.39 is 34.7 Å². The molecule has 14 heteroatoms. The van der Waals surface area contributed by atoms with Gasteiger partial charge in [-0.05, 0) is 26.3 Å². The Morgan fingerprint density at radius 2 is 1.79 bits per heavy atom. The van der Waals surface area contributed by atoms with Gasteiger partial charge >= 0.3 is 23.9 Å². The number of benzene rings is 1. The Morgan fingerprint density at radius 1 is 1.18 bits per heavy atom. The van der Waals surface area contributed by atoms with Crippen molar-refractivity contribution in [3.8, 4) is 0 Å². The first-order valence-electron chi connectivity index (χ1n) is 11.1. The highest BCUT2D eigenvalue weighted by Gasteiger charge is 2.39. The van der Waals surface area contributed by atoms with Crippen molar-refractivity contribution >= 4 is 41.3 Å². The van der Waals surface area contributed by atoms with Crippen LogP contribution in [0.5, 0.6) is 0 Å². The van der Waals surface area contributed by atoms with Gasteiger partial charge in [0, 0.05) is 46.8 Å². The number of carboxylic acid groups (broad SMARTS) is 2. The van der Waals surface area contributed by atoms with E-state index >= 15 is 0 Å². The summed E-state index contributed by atoms with van der Waals surface area (Å²) in [4.78, 5) is 55.5. The summed E-state index contributed by atoms with van der Waals surface area (Å²) in [5.41, 5.74) is 7.55. The number of allylic oxidation sites excluding steroid dienone is 1.